The molecule has 0 saturated heterocycles. The van der Waals surface area contributed by atoms with Gasteiger partial charge >= 0.3 is 0 Å². The third kappa shape index (κ3) is 3.95. The van der Waals surface area contributed by atoms with Gasteiger partial charge in [-0.05, 0) is 54.3 Å². The number of aliphatic imine (C=N–C) groups is 1. The van der Waals surface area contributed by atoms with Crippen molar-refractivity contribution in [3.8, 4) is 5.75 Å². The van der Waals surface area contributed by atoms with E-state index >= 15 is 0 Å². The van der Waals surface area contributed by atoms with Gasteiger partial charge in [0.15, 0.2) is 0 Å². The molecule has 1 aromatic carbocycles. The van der Waals surface area contributed by atoms with Crippen molar-refractivity contribution in [1.29, 1.82) is 0 Å². The molecule has 116 valence electrons. The van der Waals surface area contributed by atoms with E-state index in [-0.39, 0.29) is 0 Å². The van der Waals surface area contributed by atoms with Crippen LogP contribution in [0.1, 0.15) is 24.0 Å². The van der Waals surface area contributed by atoms with Crippen molar-refractivity contribution in [2.45, 2.75) is 12.8 Å². The maximum absolute atomic E-state index is 5.52. The Bertz CT molecular complexity index is 715. The van der Waals surface area contributed by atoms with Crippen molar-refractivity contribution in [2.24, 2.45) is 4.99 Å². The molecule has 0 amide bonds. The van der Waals surface area contributed by atoms with Crippen LogP contribution in [0.3, 0.4) is 0 Å². The number of pyridine rings is 1. The number of hydrogen-bond donors (Lipinski definition) is 0. The van der Waals surface area contributed by atoms with E-state index in [1.807, 2.05) is 24.4 Å². The molecule has 0 atom stereocenters. The number of nitrogens with zero attached hydrogens (tertiary/aromatic N) is 2. The van der Waals surface area contributed by atoms with E-state index in [9.17, 15) is 0 Å². The van der Waals surface area contributed by atoms with Crippen LogP contribution < -0.4 is 4.74 Å². The summed E-state index contributed by atoms with van der Waals surface area (Å²) in [5, 5.41) is 0. The summed E-state index contributed by atoms with van der Waals surface area (Å²) in [6, 6.07) is 12.1. The fraction of sp³-hybridized carbons (Fsp3) is 0.200. The van der Waals surface area contributed by atoms with Gasteiger partial charge in [-0.2, -0.15) is 0 Å². The number of allylic oxidation sites excluding steroid dienone is 1. The molecular weight excluding hydrogens is 284 g/mol. The van der Waals surface area contributed by atoms with Crippen LogP contribution in [0.15, 0.2) is 72.0 Å². The summed E-state index contributed by atoms with van der Waals surface area (Å²) in [4.78, 5) is 8.92. The largest absolute Gasteiger partial charge is 0.490 e. The van der Waals surface area contributed by atoms with Crippen molar-refractivity contribution < 1.29 is 4.74 Å². The van der Waals surface area contributed by atoms with Gasteiger partial charge < -0.3 is 4.74 Å². The maximum atomic E-state index is 5.52. The van der Waals surface area contributed by atoms with Crippen LogP contribution in [0.4, 0.5) is 0 Å². The van der Waals surface area contributed by atoms with Gasteiger partial charge in [-0.25, -0.2) is 0 Å². The van der Waals surface area contributed by atoms with E-state index in [1.165, 1.54) is 5.57 Å². The highest BCUT2D eigenvalue weighted by Gasteiger charge is 2.14. The van der Waals surface area contributed by atoms with E-state index in [2.05, 4.69) is 35.8 Å². The van der Waals surface area contributed by atoms with Gasteiger partial charge in [0.25, 0.3) is 0 Å². The van der Waals surface area contributed by atoms with Crippen LogP contribution in [0.25, 0.3) is 6.08 Å². The summed E-state index contributed by atoms with van der Waals surface area (Å²) in [6.07, 6.45) is 9.76. The second-order valence-electron chi connectivity index (χ2n) is 5.41. The summed E-state index contributed by atoms with van der Waals surface area (Å²) in [7, 11) is 0. The molecule has 1 aromatic heterocycles. The normalized spacial score (nSPS) is 16.0. The molecule has 23 heavy (non-hydrogen) atoms. The Kier molecular flexibility index (Phi) is 4.99. The number of hydrogen-bond acceptors (Lipinski definition) is 3. The number of ether oxygens (including phenoxy) is 1. The van der Waals surface area contributed by atoms with Gasteiger partial charge in [-0.3, -0.25) is 9.98 Å². The minimum atomic E-state index is 0.526. The lowest BCUT2D eigenvalue weighted by atomic mass is 9.95. The summed E-state index contributed by atoms with van der Waals surface area (Å²) < 4.78 is 5.52. The lowest BCUT2D eigenvalue weighted by molar-refractivity contribution is 0.363. The minimum absolute atomic E-state index is 0.526. The molecule has 0 spiro atoms. The molecule has 2 heterocycles. The van der Waals surface area contributed by atoms with Crippen LogP contribution in [-0.2, 0) is 0 Å². The maximum Gasteiger partial charge on any atom is 0.119 e. The first-order valence-corrected chi connectivity index (χ1v) is 7.86. The first-order chi connectivity index (χ1) is 11.4. The van der Waals surface area contributed by atoms with Gasteiger partial charge in [-0.15, -0.1) is 0 Å². The molecule has 0 saturated carbocycles. The third-order valence-electron chi connectivity index (χ3n) is 3.70. The second kappa shape index (κ2) is 7.54. The SMILES string of the molecule is C=CCOc1ccc(C=C2CCCN=C2c2cccnc2)cc1. The summed E-state index contributed by atoms with van der Waals surface area (Å²) in [6.45, 7) is 5.07. The van der Waals surface area contributed by atoms with Crippen molar-refractivity contribution in [3.63, 3.8) is 0 Å². The quantitative estimate of drug-likeness (QED) is 0.771. The van der Waals surface area contributed by atoms with Crippen LogP contribution in [0.2, 0.25) is 0 Å². The lowest BCUT2D eigenvalue weighted by Crippen LogP contribution is -2.11. The summed E-state index contributed by atoms with van der Waals surface area (Å²) in [5.41, 5.74) is 4.58. The molecule has 3 rings (SSSR count). The molecule has 0 radical (unpaired) electrons. The molecular formula is C20H20N2O. The van der Waals surface area contributed by atoms with E-state index < -0.39 is 0 Å². The standard InChI is InChI=1S/C20H20N2O/c1-2-13-23-19-9-7-16(8-10-19)14-17-5-4-12-22-20(17)18-6-3-11-21-15-18/h2-3,6-11,14-15H,1,4-5,12-13H2. The third-order valence-corrected chi connectivity index (χ3v) is 3.70. The minimum Gasteiger partial charge on any atom is -0.490 e. The molecule has 3 heteroatoms. The molecule has 0 N–H and O–H groups in total. The molecule has 0 bridgehead atoms. The van der Waals surface area contributed by atoms with Crippen LogP contribution in [0.5, 0.6) is 5.75 Å². The summed E-state index contributed by atoms with van der Waals surface area (Å²) >= 11 is 0. The van der Waals surface area contributed by atoms with Crippen LogP contribution in [-0.4, -0.2) is 23.8 Å². The first kappa shape index (κ1) is 15.2. The summed E-state index contributed by atoms with van der Waals surface area (Å²) in [5.74, 6) is 0.858. The van der Waals surface area contributed by atoms with Crippen LogP contribution in [0, 0.1) is 0 Å². The predicted molar refractivity (Wildman–Crippen MR) is 95.0 cm³/mol. The highest BCUT2D eigenvalue weighted by atomic mass is 16.5. The van der Waals surface area contributed by atoms with Gasteiger partial charge in [0.1, 0.15) is 12.4 Å². The zero-order chi connectivity index (χ0) is 15.9. The van der Waals surface area contributed by atoms with Gasteiger partial charge in [0, 0.05) is 24.5 Å². The molecule has 3 nitrogen and oxygen atoms in total. The smallest absolute Gasteiger partial charge is 0.119 e. The molecule has 0 unspecified atom stereocenters. The van der Waals surface area contributed by atoms with Crippen molar-refractivity contribution in [1.82, 2.24) is 4.98 Å². The zero-order valence-electron chi connectivity index (χ0n) is 13.1. The number of benzene rings is 1. The Morgan fingerprint density at radius 1 is 1.17 bits per heavy atom. The van der Waals surface area contributed by atoms with Gasteiger partial charge in [0.2, 0.25) is 0 Å². The average Bonchev–Trinajstić information content (AvgIpc) is 2.62. The van der Waals surface area contributed by atoms with Crippen molar-refractivity contribution >= 4 is 11.8 Å². The zero-order valence-corrected chi connectivity index (χ0v) is 13.1. The van der Waals surface area contributed by atoms with Gasteiger partial charge in [-0.1, -0.05) is 24.8 Å². The number of aromatic nitrogens is 1. The molecule has 1 aliphatic rings. The fourth-order valence-electron chi connectivity index (χ4n) is 2.62. The molecule has 2 aromatic rings. The van der Waals surface area contributed by atoms with E-state index in [0.29, 0.717) is 6.61 Å². The van der Waals surface area contributed by atoms with Crippen LogP contribution >= 0.6 is 0 Å². The van der Waals surface area contributed by atoms with Gasteiger partial charge in [0.05, 0.1) is 5.71 Å². The Morgan fingerprint density at radius 3 is 2.78 bits per heavy atom. The Balaban J connectivity index is 1.83. The Morgan fingerprint density at radius 2 is 2.04 bits per heavy atom. The van der Waals surface area contributed by atoms with E-state index in [0.717, 1.165) is 42.0 Å². The molecule has 1 aliphatic heterocycles. The Labute approximate surface area is 137 Å². The van der Waals surface area contributed by atoms with E-state index in [1.54, 1.807) is 12.3 Å². The molecule has 0 fully saturated rings. The van der Waals surface area contributed by atoms with E-state index in [4.69, 9.17) is 9.73 Å². The fourth-order valence-corrected chi connectivity index (χ4v) is 2.62. The average molecular weight is 304 g/mol. The topological polar surface area (TPSA) is 34.5 Å². The monoisotopic (exact) mass is 304 g/mol. The second-order valence-corrected chi connectivity index (χ2v) is 5.41. The lowest BCUT2D eigenvalue weighted by Gasteiger charge is -2.16. The highest BCUT2D eigenvalue weighted by molar-refractivity contribution is 6.15. The molecule has 0 aliphatic carbocycles. The van der Waals surface area contributed by atoms with Crippen molar-refractivity contribution in [3.05, 3.63) is 78.1 Å². The Hall–Kier alpha value is -2.68. The highest BCUT2D eigenvalue weighted by Crippen LogP contribution is 2.23. The predicted octanol–water partition coefficient (Wildman–Crippen LogP) is 4.31. The first-order valence-electron chi connectivity index (χ1n) is 7.86. The van der Waals surface area contributed by atoms with Crippen molar-refractivity contribution in [2.75, 3.05) is 13.2 Å². The number of rotatable bonds is 5.